The number of amides is 2. The summed E-state index contributed by atoms with van der Waals surface area (Å²) in [4.78, 5) is 28.8. The molecule has 214 valence electrons. The van der Waals surface area contributed by atoms with Gasteiger partial charge in [0.2, 0.25) is 11.8 Å². The van der Waals surface area contributed by atoms with Crippen LogP contribution in [0.4, 0.5) is 5.69 Å². The summed E-state index contributed by atoms with van der Waals surface area (Å²) < 4.78 is 28.9. The van der Waals surface area contributed by atoms with Gasteiger partial charge < -0.3 is 10.2 Å². The van der Waals surface area contributed by atoms with Gasteiger partial charge in [0.05, 0.1) is 10.6 Å². The molecule has 0 fully saturated rings. The molecule has 1 unspecified atom stereocenters. The van der Waals surface area contributed by atoms with Gasteiger partial charge in [-0.25, -0.2) is 8.42 Å². The second kappa shape index (κ2) is 14.3. The van der Waals surface area contributed by atoms with Crippen LogP contribution in [0.1, 0.15) is 49.8 Å². The van der Waals surface area contributed by atoms with Crippen LogP contribution < -0.4 is 9.62 Å². The van der Waals surface area contributed by atoms with E-state index in [-0.39, 0.29) is 17.3 Å². The monoisotopic (exact) mass is 583 g/mol. The molecule has 0 aromatic heterocycles. The zero-order chi connectivity index (χ0) is 29.3. The van der Waals surface area contributed by atoms with Crippen LogP contribution in [0.3, 0.4) is 0 Å². The number of halogens is 1. The molecule has 0 heterocycles. The van der Waals surface area contributed by atoms with Gasteiger partial charge in [0.15, 0.2) is 0 Å². The quantitative estimate of drug-likeness (QED) is 0.255. The molecule has 3 aromatic carbocycles. The lowest BCUT2D eigenvalue weighted by Crippen LogP contribution is -2.52. The number of rotatable bonds is 13. The van der Waals surface area contributed by atoms with Crippen LogP contribution in [-0.2, 0) is 26.2 Å². The van der Waals surface area contributed by atoms with Gasteiger partial charge in [0.1, 0.15) is 12.6 Å². The molecule has 0 aliphatic rings. The molecule has 3 aromatic rings. The smallest absolute Gasteiger partial charge is 0.264 e. The van der Waals surface area contributed by atoms with Crippen molar-refractivity contribution in [2.75, 3.05) is 17.4 Å². The molecule has 0 saturated heterocycles. The molecule has 0 saturated carbocycles. The van der Waals surface area contributed by atoms with E-state index in [9.17, 15) is 18.0 Å². The highest BCUT2D eigenvalue weighted by Crippen LogP contribution is 2.26. The van der Waals surface area contributed by atoms with E-state index < -0.39 is 28.5 Å². The summed E-state index contributed by atoms with van der Waals surface area (Å²) in [7, 11) is -4.10. The van der Waals surface area contributed by atoms with Crippen LogP contribution in [0.15, 0.2) is 77.7 Å². The Bertz CT molecular complexity index is 1390. The molecule has 2 amide bonds. The number of nitrogens with zero attached hydrogens (tertiary/aromatic N) is 2. The van der Waals surface area contributed by atoms with Gasteiger partial charge in [-0.15, -0.1) is 0 Å². The van der Waals surface area contributed by atoms with Crippen molar-refractivity contribution in [3.05, 3.63) is 94.5 Å². The van der Waals surface area contributed by atoms with Crippen molar-refractivity contribution < 1.29 is 18.0 Å². The lowest BCUT2D eigenvalue weighted by molar-refractivity contribution is -0.140. The number of sulfonamides is 1. The summed E-state index contributed by atoms with van der Waals surface area (Å²) in [5.41, 5.74) is 2.90. The van der Waals surface area contributed by atoms with Gasteiger partial charge >= 0.3 is 0 Å². The Hall–Kier alpha value is -3.36. The minimum atomic E-state index is -4.10. The highest BCUT2D eigenvalue weighted by atomic mass is 35.5. The lowest BCUT2D eigenvalue weighted by atomic mass is 10.1. The Morgan fingerprint density at radius 3 is 2.08 bits per heavy atom. The summed E-state index contributed by atoms with van der Waals surface area (Å²) in [5.74, 6) is -0.784. The van der Waals surface area contributed by atoms with Gasteiger partial charge in [0, 0.05) is 18.1 Å². The van der Waals surface area contributed by atoms with Crippen molar-refractivity contribution in [1.29, 1.82) is 0 Å². The van der Waals surface area contributed by atoms with Gasteiger partial charge in [-0.1, -0.05) is 85.5 Å². The fourth-order valence-corrected chi connectivity index (χ4v) is 5.92. The molecule has 1 atom stereocenters. The normalized spacial score (nSPS) is 12.0. The van der Waals surface area contributed by atoms with Crippen molar-refractivity contribution in [1.82, 2.24) is 10.2 Å². The Kier molecular flexibility index (Phi) is 11.2. The van der Waals surface area contributed by atoms with Gasteiger partial charge in [-0.2, -0.15) is 0 Å². The molecular weight excluding hydrogens is 546 g/mol. The maximum Gasteiger partial charge on any atom is 0.264 e. The number of hydrogen-bond donors (Lipinski definition) is 1. The second-order valence-corrected chi connectivity index (χ2v) is 12.1. The van der Waals surface area contributed by atoms with E-state index in [1.54, 1.807) is 54.6 Å². The first kappa shape index (κ1) is 31.2. The van der Waals surface area contributed by atoms with E-state index in [0.717, 1.165) is 28.3 Å². The molecule has 40 heavy (non-hydrogen) atoms. The molecular formula is C31H38ClN3O4S. The predicted molar refractivity (Wildman–Crippen MR) is 161 cm³/mol. The molecule has 3 rings (SSSR count). The predicted octanol–water partition coefficient (Wildman–Crippen LogP) is 5.88. The maximum absolute atomic E-state index is 14.1. The summed E-state index contributed by atoms with van der Waals surface area (Å²) in [6.07, 6.45) is 2.09. The Labute approximate surface area is 243 Å². The fraction of sp³-hybridized carbons (Fsp3) is 0.355. The largest absolute Gasteiger partial charge is 0.354 e. The van der Waals surface area contributed by atoms with E-state index in [4.69, 9.17) is 11.6 Å². The van der Waals surface area contributed by atoms with Crippen LogP contribution in [0.25, 0.3) is 0 Å². The lowest BCUT2D eigenvalue weighted by Gasteiger charge is -2.33. The summed E-state index contributed by atoms with van der Waals surface area (Å²) in [6, 6.07) is 19.8. The minimum absolute atomic E-state index is 0.0600. The zero-order valence-electron chi connectivity index (χ0n) is 23.6. The SMILES string of the molecule is CCCCNC(=O)C(CC)N(Cc1ccccc1Cl)C(=O)CN(c1ccc(C)cc1)S(=O)(=O)c1ccc(C)cc1. The van der Waals surface area contributed by atoms with Gasteiger partial charge in [-0.05, 0) is 62.6 Å². The first-order chi connectivity index (χ1) is 19.1. The average molecular weight is 584 g/mol. The third-order valence-electron chi connectivity index (χ3n) is 6.72. The molecule has 9 heteroatoms. The van der Waals surface area contributed by atoms with Crippen LogP contribution in [-0.4, -0.2) is 44.3 Å². The Balaban J connectivity index is 2.04. The molecule has 0 aliphatic carbocycles. The van der Waals surface area contributed by atoms with E-state index in [1.807, 2.05) is 33.8 Å². The Morgan fingerprint density at radius 1 is 0.900 bits per heavy atom. The number of carbonyl (C=O) groups is 2. The van der Waals surface area contributed by atoms with E-state index >= 15 is 0 Å². The number of benzene rings is 3. The molecule has 0 aliphatic heterocycles. The first-order valence-corrected chi connectivity index (χ1v) is 15.4. The fourth-order valence-electron chi connectivity index (χ4n) is 4.31. The van der Waals surface area contributed by atoms with Crippen molar-refractivity contribution >= 4 is 39.1 Å². The third-order valence-corrected chi connectivity index (χ3v) is 8.88. The van der Waals surface area contributed by atoms with E-state index in [0.29, 0.717) is 29.2 Å². The number of anilines is 1. The molecule has 0 spiro atoms. The van der Waals surface area contributed by atoms with Crippen molar-refractivity contribution in [2.24, 2.45) is 0 Å². The van der Waals surface area contributed by atoms with Crippen LogP contribution in [0.2, 0.25) is 5.02 Å². The summed E-state index contributed by atoms with van der Waals surface area (Å²) in [6.45, 7) is 7.72. The average Bonchev–Trinajstić information content (AvgIpc) is 2.93. The van der Waals surface area contributed by atoms with Crippen LogP contribution in [0, 0.1) is 13.8 Å². The topological polar surface area (TPSA) is 86.8 Å². The number of carbonyl (C=O) groups excluding carboxylic acids is 2. The van der Waals surface area contributed by atoms with Gasteiger partial charge in [0.25, 0.3) is 10.0 Å². The standard InChI is InChI=1S/C31H38ClN3O4S/c1-5-7-20-33-31(37)29(6-2)34(21-25-10-8-9-11-28(25)32)30(36)22-35(26-16-12-23(3)13-17-26)40(38,39)27-18-14-24(4)15-19-27/h8-19,29H,5-7,20-22H2,1-4H3,(H,33,37). The maximum atomic E-state index is 14.1. The van der Waals surface area contributed by atoms with Crippen LogP contribution >= 0.6 is 11.6 Å². The van der Waals surface area contributed by atoms with Crippen LogP contribution in [0.5, 0.6) is 0 Å². The van der Waals surface area contributed by atoms with Crippen molar-refractivity contribution in [3.63, 3.8) is 0 Å². The van der Waals surface area contributed by atoms with E-state index in [1.165, 1.54) is 17.0 Å². The number of nitrogens with one attached hydrogen (secondary N) is 1. The Morgan fingerprint density at radius 2 is 1.50 bits per heavy atom. The van der Waals surface area contributed by atoms with Crippen molar-refractivity contribution in [2.45, 2.75) is 64.4 Å². The molecule has 0 radical (unpaired) electrons. The van der Waals surface area contributed by atoms with Gasteiger partial charge in [-0.3, -0.25) is 13.9 Å². The van der Waals surface area contributed by atoms with E-state index in [2.05, 4.69) is 5.32 Å². The second-order valence-electron chi connectivity index (χ2n) is 9.84. The molecule has 0 bridgehead atoms. The number of aryl methyl sites for hydroxylation is 2. The summed E-state index contributed by atoms with van der Waals surface area (Å²) in [5, 5.41) is 3.39. The highest BCUT2D eigenvalue weighted by molar-refractivity contribution is 7.92. The molecule has 7 nitrogen and oxygen atoms in total. The first-order valence-electron chi connectivity index (χ1n) is 13.5. The molecule has 1 N–H and O–H groups in total. The number of hydrogen-bond acceptors (Lipinski definition) is 4. The minimum Gasteiger partial charge on any atom is -0.354 e. The highest BCUT2D eigenvalue weighted by Gasteiger charge is 2.33. The third kappa shape index (κ3) is 7.86. The number of unbranched alkanes of at least 4 members (excludes halogenated alkanes) is 1. The zero-order valence-corrected chi connectivity index (χ0v) is 25.1. The summed E-state index contributed by atoms with van der Waals surface area (Å²) >= 11 is 6.44. The van der Waals surface area contributed by atoms with Crippen molar-refractivity contribution in [3.8, 4) is 0 Å².